The highest BCUT2D eigenvalue weighted by atomic mass is 32.2. The number of fused-ring (bicyclic) bond motifs is 3. The fraction of sp³-hybridized carbons (Fsp3) is 0.158. The van der Waals surface area contributed by atoms with E-state index in [9.17, 15) is 4.79 Å². The average Bonchev–Trinajstić information content (AvgIpc) is 3.31. The Kier molecular flexibility index (Phi) is 4.90. The highest BCUT2D eigenvalue weighted by molar-refractivity contribution is 8.01. The van der Waals surface area contributed by atoms with Crippen LogP contribution >= 0.6 is 34.9 Å². The summed E-state index contributed by atoms with van der Waals surface area (Å²) in [6.45, 7) is 2.05. The van der Waals surface area contributed by atoms with Crippen molar-refractivity contribution in [3.05, 3.63) is 36.4 Å². The van der Waals surface area contributed by atoms with Gasteiger partial charge in [-0.05, 0) is 11.1 Å². The van der Waals surface area contributed by atoms with Crippen molar-refractivity contribution >= 4 is 56.7 Å². The van der Waals surface area contributed by atoms with Crippen molar-refractivity contribution in [3.8, 4) is 22.5 Å². The Morgan fingerprint density at radius 3 is 2.59 bits per heavy atom. The molecule has 2 heterocycles. The molecule has 29 heavy (non-hydrogen) atoms. The lowest BCUT2D eigenvalue weighted by Crippen LogP contribution is -2.14. The van der Waals surface area contributed by atoms with E-state index in [1.807, 2.05) is 25.1 Å². The molecule has 1 aliphatic rings. The van der Waals surface area contributed by atoms with Crippen molar-refractivity contribution in [2.45, 2.75) is 16.4 Å². The van der Waals surface area contributed by atoms with Gasteiger partial charge >= 0.3 is 0 Å². The molecule has 4 aromatic rings. The van der Waals surface area contributed by atoms with E-state index in [0.29, 0.717) is 10.3 Å². The van der Waals surface area contributed by atoms with E-state index in [1.165, 1.54) is 23.1 Å². The summed E-state index contributed by atoms with van der Waals surface area (Å²) < 4.78 is 0.843. The third kappa shape index (κ3) is 3.47. The number of carbonyl (C=O) groups is 1. The van der Waals surface area contributed by atoms with Gasteiger partial charge in [0.25, 0.3) is 0 Å². The van der Waals surface area contributed by atoms with Gasteiger partial charge in [0.05, 0.1) is 5.75 Å². The van der Waals surface area contributed by atoms with Crippen LogP contribution in [0, 0.1) is 0 Å². The molecule has 1 aliphatic carbocycles. The van der Waals surface area contributed by atoms with Crippen LogP contribution in [0.15, 0.2) is 45.9 Å². The minimum Gasteiger partial charge on any atom is -0.300 e. The molecule has 1 N–H and O–H groups in total. The number of benzene rings is 2. The Bertz CT molecular complexity index is 1240. The number of amides is 1. The van der Waals surface area contributed by atoms with Gasteiger partial charge < -0.3 is 0 Å². The zero-order valence-electron chi connectivity index (χ0n) is 15.2. The zero-order chi connectivity index (χ0) is 19.8. The van der Waals surface area contributed by atoms with Crippen LogP contribution in [0.3, 0.4) is 0 Å². The van der Waals surface area contributed by atoms with Gasteiger partial charge in [-0.3, -0.25) is 10.1 Å². The van der Waals surface area contributed by atoms with E-state index in [-0.39, 0.29) is 11.7 Å². The van der Waals surface area contributed by atoms with Crippen molar-refractivity contribution < 1.29 is 4.79 Å². The molecule has 0 spiro atoms. The molecule has 0 bridgehead atoms. The molecule has 2 aromatic heterocycles. The number of hydrogen-bond donors (Lipinski definition) is 1. The number of nitrogens with one attached hydrogen (secondary N) is 1. The molecule has 0 saturated carbocycles. The largest absolute Gasteiger partial charge is 0.300 e. The number of nitrogens with zero attached hydrogens (tertiary/aromatic N) is 5. The molecule has 0 radical (unpaired) electrons. The summed E-state index contributed by atoms with van der Waals surface area (Å²) in [5.74, 6) is 0.917. The van der Waals surface area contributed by atoms with Crippen LogP contribution in [0.4, 0.5) is 5.13 Å². The number of thioether (sulfide) groups is 2. The Morgan fingerprint density at radius 2 is 1.79 bits per heavy atom. The highest BCUT2D eigenvalue weighted by Crippen LogP contribution is 2.44. The van der Waals surface area contributed by atoms with Gasteiger partial charge in [-0.2, -0.15) is 0 Å². The van der Waals surface area contributed by atoms with Crippen molar-refractivity contribution in [3.63, 3.8) is 0 Å². The second kappa shape index (κ2) is 7.69. The fourth-order valence-corrected chi connectivity index (χ4v) is 5.46. The quantitative estimate of drug-likeness (QED) is 0.309. The molecule has 1 amide bonds. The van der Waals surface area contributed by atoms with E-state index in [0.717, 1.165) is 43.4 Å². The monoisotopic (exact) mass is 438 g/mol. The predicted molar refractivity (Wildman–Crippen MR) is 117 cm³/mol. The normalized spacial score (nSPS) is 11.6. The number of aromatic nitrogens is 5. The summed E-state index contributed by atoms with van der Waals surface area (Å²) >= 11 is 4.22. The number of rotatable bonds is 6. The first-order valence-electron chi connectivity index (χ1n) is 8.89. The summed E-state index contributed by atoms with van der Waals surface area (Å²) in [6, 6.07) is 12.3. The molecule has 7 nitrogen and oxygen atoms in total. The molecule has 0 saturated heterocycles. The minimum absolute atomic E-state index is 0.173. The van der Waals surface area contributed by atoms with Crippen LogP contribution in [0.1, 0.15) is 6.92 Å². The Labute approximate surface area is 178 Å². The molecular weight excluding hydrogens is 424 g/mol. The Morgan fingerprint density at radius 1 is 1.00 bits per heavy atom. The standard InChI is InChI=1S/C19H14N6OS3/c1-2-27-19-25-24-18(29-19)20-13(26)9-28-17-21-15-11-7-3-5-10-6-4-8-12(14(10)11)16(15)22-23-17/h3-8H,2,9H2,1H3,(H,20,24,26). The van der Waals surface area contributed by atoms with E-state index < -0.39 is 0 Å². The fourth-order valence-electron chi connectivity index (χ4n) is 3.20. The van der Waals surface area contributed by atoms with E-state index >= 15 is 0 Å². The van der Waals surface area contributed by atoms with Crippen molar-refractivity contribution in [2.75, 3.05) is 16.8 Å². The molecule has 0 aliphatic heterocycles. The van der Waals surface area contributed by atoms with Crippen LogP contribution in [0.2, 0.25) is 0 Å². The summed E-state index contributed by atoms with van der Waals surface area (Å²) in [6.07, 6.45) is 0. The van der Waals surface area contributed by atoms with Crippen LogP contribution in [0.25, 0.3) is 33.3 Å². The summed E-state index contributed by atoms with van der Waals surface area (Å²) in [5, 5.41) is 22.7. The van der Waals surface area contributed by atoms with Gasteiger partial charge in [0.1, 0.15) is 11.4 Å². The van der Waals surface area contributed by atoms with Gasteiger partial charge in [-0.25, -0.2) is 4.98 Å². The first-order chi connectivity index (χ1) is 14.2. The van der Waals surface area contributed by atoms with E-state index in [2.05, 4.69) is 48.9 Å². The van der Waals surface area contributed by atoms with E-state index in [4.69, 9.17) is 0 Å². The molecular formula is C19H14N6OS3. The SMILES string of the molecule is CCSc1nnc(NC(=O)CSc2nnc3c(n2)-c2cccc4cccc-3c24)s1. The maximum atomic E-state index is 12.2. The summed E-state index contributed by atoms with van der Waals surface area (Å²) in [5.41, 5.74) is 3.73. The molecule has 0 fully saturated rings. The lowest BCUT2D eigenvalue weighted by atomic mass is 10.0. The van der Waals surface area contributed by atoms with Crippen molar-refractivity contribution in [2.24, 2.45) is 0 Å². The summed E-state index contributed by atoms with van der Waals surface area (Å²) in [7, 11) is 0. The maximum Gasteiger partial charge on any atom is 0.236 e. The molecule has 0 atom stereocenters. The smallest absolute Gasteiger partial charge is 0.236 e. The predicted octanol–water partition coefficient (Wildman–Crippen LogP) is 4.37. The second-order valence-corrected chi connectivity index (χ2v) is 9.57. The molecule has 5 rings (SSSR count). The first kappa shape index (κ1) is 18.5. The third-order valence-electron chi connectivity index (χ3n) is 4.34. The average molecular weight is 439 g/mol. The molecule has 2 aromatic carbocycles. The van der Waals surface area contributed by atoms with Crippen LogP contribution in [0.5, 0.6) is 0 Å². The Hall–Kier alpha value is -2.56. The van der Waals surface area contributed by atoms with Crippen molar-refractivity contribution in [1.29, 1.82) is 0 Å². The Balaban J connectivity index is 1.31. The van der Waals surface area contributed by atoms with Gasteiger partial charge in [0.2, 0.25) is 16.2 Å². The zero-order valence-corrected chi connectivity index (χ0v) is 17.7. The number of anilines is 1. The molecule has 10 heteroatoms. The summed E-state index contributed by atoms with van der Waals surface area (Å²) in [4.78, 5) is 16.9. The van der Waals surface area contributed by atoms with Crippen LogP contribution in [-0.4, -0.2) is 42.8 Å². The van der Waals surface area contributed by atoms with Gasteiger partial charge in [-0.1, -0.05) is 78.2 Å². The van der Waals surface area contributed by atoms with Crippen molar-refractivity contribution in [1.82, 2.24) is 25.4 Å². The van der Waals surface area contributed by atoms with Gasteiger partial charge in [0, 0.05) is 16.5 Å². The number of hydrogen-bond acceptors (Lipinski definition) is 9. The van der Waals surface area contributed by atoms with Crippen LogP contribution in [-0.2, 0) is 4.79 Å². The van der Waals surface area contributed by atoms with E-state index in [1.54, 1.807) is 11.8 Å². The van der Waals surface area contributed by atoms with Gasteiger partial charge in [0.15, 0.2) is 4.34 Å². The molecule has 0 unspecified atom stereocenters. The lowest BCUT2D eigenvalue weighted by Gasteiger charge is -2.03. The van der Waals surface area contributed by atoms with Gasteiger partial charge in [-0.15, -0.1) is 20.4 Å². The number of carbonyl (C=O) groups excluding carboxylic acids is 1. The first-order valence-corrected chi connectivity index (χ1v) is 11.7. The second-order valence-electron chi connectivity index (χ2n) is 6.14. The lowest BCUT2D eigenvalue weighted by molar-refractivity contribution is -0.113. The topological polar surface area (TPSA) is 93.6 Å². The van der Waals surface area contributed by atoms with Crippen LogP contribution < -0.4 is 5.32 Å². The highest BCUT2D eigenvalue weighted by Gasteiger charge is 2.25. The minimum atomic E-state index is -0.173. The third-order valence-corrected chi connectivity index (χ3v) is 7.03. The maximum absolute atomic E-state index is 12.2. The molecule has 144 valence electrons.